The lowest BCUT2D eigenvalue weighted by atomic mass is 10.0. The molecule has 0 aliphatic rings. The topological polar surface area (TPSA) is 69.9 Å². The average molecular weight is 334 g/mol. The molecule has 1 aromatic carbocycles. The first-order valence-electron chi connectivity index (χ1n) is 8.31. The van der Waals surface area contributed by atoms with Crippen molar-refractivity contribution < 1.29 is 8.94 Å². The molecule has 0 aliphatic carbocycles. The van der Waals surface area contributed by atoms with Gasteiger partial charge in [-0.1, -0.05) is 36.3 Å². The summed E-state index contributed by atoms with van der Waals surface area (Å²) in [6, 6.07) is 11.9. The van der Waals surface area contributed by atoms with Gasteiger partial charge in [-0.15, -0.1) is 0 Å². The summed E-state index contributed by atoms with van der Waals surface area (Å²) in [4.78, 5) is 8.91. The summed E-state index contributed by atoms with van der Waals surface area (Å²) in [7, 11) is 0. The van der Waals surface area contributed by atoms with Crippen molar-refractivity contribution in [3.63, 3.8) is 0 Å². The fraction of sp³-hybridized carbons (Fsp3) is 0.211. The molecule has 3 heterocycles. The van der Waals surface area contributed by atoms with Gasteiger partial charge in [0.15, 0.2) is 5.82 Å². The van der Waals surface area contributed by atoms with Gasteiger partial charge in [0.1, 0.15) is 11.6 Å². The minimum atomic E-state index is 0.649. The predicted molar refractivity (Wildman–Crippen MR) is 92.7 cm³/mol. The first-order chi connectivity index (χ1) is 12.3. The molecule has 25 heavy (non-hydrogen) atoms. The SMILES string of the molecule is CCc1noc(CCn2ccnc2-c2ccccc2-c2ccco2)n1. The van der Waals surface area contributed by atoms with E-state index in [2.05, 4.69) is 25.8 Å². The van der Waals surface area contributed by atoms with E-state index in [-0.39, 0.29) is 0 Å². The number of rotatable bonds is 6. The number of hydrogen-bond acceptors (Lipinski definition) is 5. The van der Waals surface area contributed by atoms with Crippen LogP contribution in [-0.2, 0) is 19.4 Å². The van der Waals surface area contributed by atoms with Gasteiger partial charge < -0.3 is 13.5 Å². The van der Waals surface area contributed by atoms with Crippen LogP contribution in [0.4, 0.5) is 0 Å². The van der Waals surface area contributed by atoms with Crippen molar-refractivity contribution >= 4 is 0 Å². The van der Waals surface area contributed by atoms with Gasteiger partial charge in [0.2, 0.25) is 5.89 Å². The molecule has 6 nitrogen and oxygen atoms in total. The van der Waals surface area contributed by atoms with E-state index in [1.807, 2.05) is 43.5 Å². The second-order valence-corrected chi connectivity index (χ2v) is 5.68. The van der Waals surface area contributed by atoms with Crippen molar-refractivity contribution in [3.8, 4) is 22.7 Å². The summed E-state index contributed by atoms with van der Waals surface area (Å²) in [5.74, 6) is 3.11. The molecule has 3 aromatic heterocycles. The zero-order valence-electron chi connectivity index (χ0n) is 13.9. The van der Waals surface area contributed by atoms with Crippen LogP contribution in [0.1, 0.15) is 18.6 Å². The van der Waals surface area contributed by atoms with E-state index >= 15 is 0 Å². The molecule has 126 valence electrons. The Morgan fingerprint density at radius 1 is 1.08 bits per heavy atom. The molecule has 0 spiro atoms. The van der Waals surface area contributed by atoms with Crippen LogP contribution >= 0.6 is 0 Å². The molecular weight excluding hydrogens is 316 g/mol. The van der Waals surface area contributed by atoms with E-state index in [1.54, 1.807) is 12.5 Å². The average Bonchev–Trinajstić information content (AvgIpc) is 3.41. The third kappa shape index (κ3) is 3.10. The smallest absolute Gasteiger partial charge is 0.228 e. The molecule has 4 rings (SSSR count). The molecular formula is C19H18N4O2. The molecule has 0 unspecified atom stereocenters. The van der Waals surface area contributed by atoms with Crippen LogP contribution in [0.3, 0.4) is 0 Å². The highest BCUT2D eigenvalue weighted by atomic mass is 16.5. The maximum Gasteiger partial charge on any atom is 0.228 e. The van der Waals surface area contributed by atoms with Gasteiger partial charge in [-0.05, 0) is 12.1 Å². The highest BCUT2D eigenvalue weighted by molar-refractivity contribution is 5.78. The summed E-state index contributed by atoms with van der Waals surface area (Å²) in [6.45, 7) is 2.72. The van der Waals surface area contributed by atoms with Gasteiger partial charge in [-0.2, -0.15) is 4.98 Å². The van der Waals surface area contributed by atoms with E-state index in [0.29, 0.717) is 18.9 Å². The molecule has 0 fully saturated rings. The largest absolute Gasteiger partial charge is 0.464 e. The Kier molecular flexibility index (Phi) is 4.16. The van der Waals surface area contributed by atoms with E-state index in [0.717, 1.165) is 35.0 Å². The minimum absolute atomic E-state index is 0.649. The third-order valence-electron chi connectivity index (χ3n) is 4.06. The number of benzene rings is 1. The Balaban J connectivity index is 1.62. The zero-order chi connectivity index (χ0) is 17.1. The number of aryl methyl sites for hydroxylation is 3. The Morgan fingerprint density at radius 2 is 1.96 bits per heavy atom. The molecule has 0 saturated heterocycles. The number of imidazole rings is 1. The summed E-state index contributed by atoms with van der Waals surface area (Å²) >= 11 is 0. The van der Waals surface area contributed by atoms with Gasteiger partial charge in [0, 0.05) is 42.9 Å². The van der Waals surface area contributed by atoms with E-state index < -0.39 is 0 Å². The van der Waals surface area contributed by atoms with Crippen molar-refractivity contribution in [3.05, 3.63) is 66.8 Å². The lowest BCUT2D eigenvalue weighted by Crippen LogP contribution is -2.03. The van der Waals surface area contributed by atoms with Gasteiger partial charge in [-0.25, -0.2) is 4.98 Å². The number of furan rings is 1. The number of nitrogens with zero attached hydrogens (tertiary/aromatic N) is 4. The second-order valence-electron chi connectivity index (χ2n) is 5.68. The van der Waals surface area contributed by atoms with Gasteiger partial charge in [0.05, 0.1) is 6.26 Å². The fourth-order valence-corrected chi connectivity index (χ4v) is 2.81. The minimum Gasteiger partial charge on any atom is -0.464 e. The molecule has 0 amide bonds. The first kappa shape index (κ1) is 15.4. The standard InChI is InChI=1S/C19H18N4O2/c1-2-17-21-18(25-22-17)9-11-23-12-10-20-19(23)15-7-4-3-6-14(15)16-8-5-13-24-16/h3-8,10,12-13H,2,9,11H2,1H3. The Morgan fingerprint density at radius 3 is 2.72 bits per heavy atom. The molecule has 0 radical (unpaired) electrons. The molecule has 0 N–H and O–H groups in total. The number of aromatic nitrogens is 4. The van der Waals surface area contributed by atoms with Crippen molar-refractivity contribution in [1.82, 2.24) is 19.7 Å². The normalized spacial score (nSPS) is 11.1. The molecule has 6 heteroatoms. The second kappa shape index (κ2) is 6.76. The molecule has 0 atom stereocenters. The lowest BCUT2D eigenvalue weighted by molar-refractivity contribution is 0.367. The summed E-state index contributed by atoms with van der Waals surface area (Å²) in [5.41, 5.74) is 2.05. The fourth-order valence-electron chi connectivity index (χ4n) is 2.81. The van der Waals surface area contributed by atoms with Crippen molar-refractivity contribution in [2.45, 2.75) is 26.3 Å². The number of hydrogen-bond donors (Lipinski definition) is 0. The zero-order valence-corrected chi connectivity index (χ0v) is 13.9. The molecule has 0 aliphatic heterocycles. The maximum atomic E-state index is 5.57. The van der Waals surface area contributed by atoms with Crippen LogP contribution in [0.25, 0.3) is 22.7 Å². The van der Waals surface area contributed by atoms with Gasteiger partial charge in [-0.3, -0.25) is 0 Å². The highest BCUT2D eigenvalue weighted by Crippen LogP contribution is 2.31. The van der Waals surface area contributed by atoms with E-state index in [9.17, 15) is 0 Å². The van der Waals surface area contributed by atoms with Crippen LogP contribution in [-0.4, -0.2) is 19.7 Å². The first-order valence-corrected chi connectivity index (χ1v) is 8.31. The monoisotopic (exact) mass is 334 g/mol. The third-order valence-corrected chi connectivity index (χ3v) is 4.06. The predicted octanol–water partition coefficient (Wildman–Crippen LogP) is 4.00. The van der Waals surface area contributed by atoms with Crippen molar-refractivity contribution in [2.75, 3.05) is 0 Å². The van der Waals surface area contributed by atoms with Crippen LogP contribution in [0.15, 0.2) is 64.0 Å². The van der Waals surface area contributed by atoms with E-state index in [1.165, 1.54) is 0 Å². The maximum absolute atomic E-state index is 5.57. The van der Waals surface area contributed by atoms with Gasteiger partial charge >= 0.3 is 0 Å². The van der Waals surface area contributed by atoms with Crippen molar-refractivity contribution in [2.24, 2.45) is 0 Å². The Hall–Kier alpha value is -3.15. The molecule has 0 bridgehead atoms. The van der Waals surface area contributed by atoms with Crippen molar-refractivity contribution in [1.29, 1.82) is 0 Å². The summed E-state index contributed by atoms with van der Waals surface area (Å²) in [6.07, 6.45) is 6.89. The van der Waals surface area contributed by atoms with Crippen LogP contribution in [0, 0.1) is 0 Å². The van der Waals surface area contributed by atoms with Crippen LogP contribution in [0.2, 0.25) is 0 Å². The van der Waals surface area contributed by atoms with Crippen LogP contribution < -0.4 is 0 Å². The molecule has 4 aromatic rings. The highest BCUT2D eigenvalue weighted by Gasteiger charge is 2.14. The quantitative estimate of drug-likeness (QED) is 0.533. The van der Waals surface area contributed by atoms with E-state index in [4.69, 9.17) is 8.94 Å². The van der Waals surface area contributed by atoms with Gasteiger partial charge in [0.25, 0.3) is 0 Å². The molecule has 0 saturated carbocycles. The Labute approximate surface area is 145 Å². The summed E-state index contributed by atoms with van der Waals surface area (Å²) in [5, 5.41) is 3.94. The van der Waals surface area contributed by atoms with Crippen LogP contribution in [0.5, 0.6) is 0 Å². The summed E-state index contributed by atoms with van der Waals surface area (Å²) < 4.78 is 12.9. The lowest BCUT2D eigenvalue weighted by Gasteiger charge is -2.10. The Bertz CT molecular complexity index is 953.